The number of likely N-dealkylation sites (tertiary alicyclic amines) is 1. The molecule has 1 unspecified atom stereocenters. The lowest BCUT2D eigenvalue weighted by Gasteiger charge is -2.23. The Labute approximate surface area is 79.7 Å². The Hall–Kier alpha value is -0.570. The quantitative estimate of drug-likeness (QED) is 0.713. The predicted octanol–water partition coefficient (Wildman–Crippen LogP) is 1.02. The van der Waals surface area contributed by atoms with E-state index in [0.29, 0.717) is 6.42 Å². The smallest absolute Gasteiger partial charge is 0.222 e. The number of hydrogen-bond donors (Lipinski definition) is 1. The van der Waals surface area contributed by atoms with Gasteiger partial charge in [0.2, 0.25) is 5.91 Å². The minimum Gasteiger partial charge on any atom is -0.396 e. The molecule has 1 heterocycles. The third-order valence-electron chi connectivity index (χ3n) is 2.52. The van der Waals surface area contributed by atoms with Crippen molar-refractivity contribution in [3.05, 3.63) is 0 Å². The topological polar surface area (TPSA) is 40.5 Å². The van der Waals surface area contributed by atoms with Crippen molar-refractivity contribution in [1.29, 1.82) is 0 Å². The largest absolute Gasteiger partial charge is 0.396 e. The van der Waals surface area contributed by atoms with Crippen LogP contribution in [0.4, 0.5) is 0 Å². The fraction of sp³-hybridized carbons (Fsp3) is 0.900. The van der Waals surface area contributed by atoms with Crippen LogP contribution in [0.5, 0.6) is 0 Å². The zero-order valence-electron chi connectivity index (χ0n) is 8.33. The molecular weight excluding hydrogens is 166 g/mol. The molecule has 1 N–H and O–H groups in total. The molecule has 1 saturated heterocycles. The number of carbonyl (C=O) groups is 1. The van der Waals surface area contributed by atoms with Crippen molar-refractivity contribution in [3.8, 4) is 0 Å². The van der Waals surface area contributed by atoms with Gasteiger partial charge >= 0.3 is 0 Å². The van der Waals surface area contributed by atoms with Crippen LogP contribution in [0.3, 0.4) is 0 Å². The molecule has 76 valence electrons. The van der Waals surface area contributed by atoms with Gasteiger partial charge in [0.15, 0.2) is 0 Å². The minimum atomic E-state index is 0.170. The molecule has 0 aliphatic carbocycles. The summed E-state index contributed by atoms with van der Waals surface area (Å²) in [5.41, 5.74) is 0. The molecule has 0 spiro atoms. The second-order valence-electron chi connectivity index (χ2n) is 3.94. The molecule has 1 rings (SSSR count). The van der Waals surface area contributed by atoms with Gasteiger partial charge in [0.25, 0.3) is 0 Å². The first kappa shape index (κ1) is 10.5. The molecule has 0 bridgehead atoms. The molecule has 0 saturated carbocycles. The second kappa shape index (κ2) is 5.22. The van der Waals surface area contributed by atoms with Crippen LogP contribution >= 0.6 is 0 Å². The summed E-state index contributed by atoms with van der Waals surface area (Å²) in [6.07, 6.45) is 4.00. The summed E-state index contributed by atoms with van der Waals surface area (Å²) < 4.78 is 0. The highest BCUT2D eigenvalue weighted by atomic mass is 16.3. The molecule has 1 aliphatic rings. The van der Waals surface area contributed by atoms with Gasteiger partial charge < -0.3 is 10.0 Å². The van der Waals surface area contributed by atoms with Crippen molar-refractivity contribution in [2.24, 2.45) is 5.92 Å². The van der Waals surface area contributed by atoms with E-state index in [2.05, 4.69) is 0 Å². The van der Waals surface area contributed by atoms with E-state index < -0.39 is 0 Å². The molecule has 13 heavy (non-hydrogen) atoms. The fourth-order valence-corrected chi connectivity index (χ4v) is 1.67. The Bertz CT molecular complexity index is 170. The van der Waals surface area contributed by atoms with E-state index in [0.717, 1.165) is 32.4 Å². The Balaban J connectivity index is 2.40. The van der Waals surface area contributed by atoms with Crippen molar-refractivity contribution in [3.63, 3.8) is 0 Å². The first-order chi connectivity index (χ1) is 6.24. The number of aliphatic hydroxyl groups is 1. The van der Waals surface area contributed by atoms with E-state index in [1.807, 2.05) is 11.8 Å². The molecule has 0 aromatic rings. The van der Waals surface area contributed by atoms with Gasteiger partial charge in [-0.1, -0.05) is 13.3 Å². The van der Waals surface area contributed by atoms with Gasteiger partial charge in [-0.3, -0.25) is 4.79 Å². The Morgan fingerprint density at radius 1 is 1.46 bits per heavy atom. The maximum Gasteiger partial charge on any atom is 0.222 e. The van der Waals surface area contributed by atoms with Crippen LogP contribution in [0.25, 0.3) is 0 Å². The van der Waals surface area contributed by atoms with Crippen LogP contribution in [0.15, 0.2) is 0 Å². The number of aliphatic hydroxyl groups excluding tert-OH is 1. The van der Waals surface area contributed by atoms with Crippen molar-refractivity contribution in [2.75, 3.05) is 19.7 Å². The van der Waals surface area contributed by atoms with E-state index in [9.17, 15) is 4.79 Å². The lowest BCUT2D eigenvalue weighted by Crippen LogP contribution is -2.35. The average molecular weight is 185 g/mol. The number of amides is 1. The monoisotopic (exact) mass is 185 g/mol. The SMILES string of the molecule is CC(CO)CN1CCCCCC1=O. The zero-order chi connectivity index (χ0) is 9.68. The molecule has 0 aromatic heterocycles. The van der Waals surface area contributed by atoms with E-state index in [-0.39, 0.29) is 18.4 Å². The van der Waals surface area contributed by atoms with Gasteiger partial charge in [-0.2, -0.15) is 0 Å². The summed E-state index contributed by atoms with van der Waals surface area (Å²) in [4.78, 5) is 13.4. The summed E-state index contributed by atoms with van der Waals surface area (Å²) in [5, 5.41) is 8.88. The van der Waals surface area contributed by atoms with Crippen molar-refractivity contribution >= 4 is 5.91 Å². The Morgan fingerprint density at radius 3 is 2.92 bits per heavy atom. The van der Waals surface area contributed by atoms with Gasteiger partial charge in [0, 0.05) is 26.1 Å². The molecule has 0 aromatic carbocycles. The van der Waals surface area contributed by atoms with Crippen LogP contribution in [0.2, 0.25) is 0 Å². The van der Waals surface area contributed by atoms with E-state index in [1.165, 1.54) is 0 Å². The molecule has 1 atom stereocenters. The predicted molar refractivity (Wildman–Crippen MR) is 51.3 cm³/mol. The summed E-state index contributed by atoms with van der Waals surface area (Å²) in [5.74, 6) is 0.472. The fourth-order valence-electron chi connectivity index (χ4n) is 1.67. The second-order valence-corrected chi connectivity index (χ2v) is 3.94. The third-order valence-corrected chi connectivity index (χ3v) is 2.52. The molecule has 1 amide bonds. The molecule has 3 heteroatoms. The average Bonchev–Trinajstić information content (AvgIpc) is 2.32. The summed E-state index contributed by atoms with van der Waals surface area (Å²) in [7, 11) is 0. The maximum absolute atomic E-state index is 11.5. The molecule has 3 nitrogen and oxygen atoms in total. The Morgan fingerprint density at radius 2 is 2.23 bits per heavy atom. The normalized spacial score (nSPS) is 21.4. The maximum atomic E-state index is 11.5. The van der Waals surface area contributed by atoms with Crippen molar-refractivity contribution in [2.45, 2.75) is 32.6 Å². The highest BCUT2D eigenvalue weighted by Gasteiger charge is 2.17. The number of hydrogen-bond acceptors (Lipinski definition) is 2. The first-order valence-electron chi connectivity index (χ1n) is 5.12. The lowest BCUT2D eigenvalue weighted by molar-refractivity contribution is -0.131. The standard InChI is InChI=1S/C10H19NO2/c1-9(8-12)7-11-6-4-2-3-5-10(11)13/h9,12H,2-8H2,1H3. The highest BCUT2D eigenvalue weighted by molar-refractivity contribution is 5.76. The van der Waals surface area contributed by atoms with Crippen molar-refractivity contribution in [1.82, 2.24) is 4.90 Å². The van der Waals surface area contributed by atoms with Gasteiger partial charge in [0.05, 0.1) is 0 Å². The van der Waals surface area contributed by atoms with Crippen molar-refractivity contribution < 1.29 is 9.90 Å². The summed E-state index contributed by atoms with van der Waals surface area (Å²) >= 11 is 0. The van der Waals surface area contributed by atoms with Crippen LogP contribution in [-0.2, 0) is 4.79 Å². The molecule has 1 fully saturated rings. The number of rotatable bonds is 3. The van der Waals surface area contributed by atoms with Crippen LogP contribution < -0.4 is 0 Å². The number of carbonyl (C=O) groups excluding carboxylic acids is 1. The lowest BCUT2D eigenvalue weighted by atomic mass is 10.2. The third kappa shape index (κ3) is 3.35. The van der Waals surface area contributed by atoms with Crippen LogP contribution in [0, 0.1) is 5.92 Å². The summed E-state index contributed by atoms with van der Waals surface area (Å²) in [6.45, 7) is 3.74. The van der Waals surface area contributed by atoms with E-state index in [4.69, 9.17) is 5.11 Å². The summed E-state index contributed by atoms with van der Waals surface area (Å²) in [6, 6.07) is 0. The number of nitrogens with zero attached hydrogens (tertiary/aromatic N) is 1. The van der Waals surface area contributed by atoms with Gasteiger partial charge in [-0.05, 0) is 18.8 Å². The van der Waals surface area contributed by atoms with Crippen LogP contribution in [-0.4, -0.2) is 35.6 Å². The first-order valence-corrected chi connectivity index (χ1v) is 5.12. The minimum absolute atomic E-state index is 0.170. The van der Waals surface area contributed by atoms with E-state index >= 15 is 0 Å². The molecule has 1 aliphatic heterocycles. The van der Waals surface area contributed by atoms with Gasteiger partial charge in [-0.25, -0.2) is 0 Å². The molecule has 0 radical (unpaired) electrons. The highest BCUT2D eigenvalue weighted by Crippen LogP contribution is 2.12. The van der Waals surface area contributed by atoms with Gasteiger partial charge in [-0.15, -0.1) is 0 Å². The zero-order valence-corrected chi connectivity index (χ0v) is 8.33. The van der Waals surface area contributed by atoms with Gasteiger partial charge in [0.1, 0.15) is 0 Å². The molecular formula is C10H19NO2. The van der Waals surface area contributed by atoms with E-state index in [1.54, 1.807) is 0 Å². The Kier molecular flexibility index (Phi) is 4.22. The van der Waals surface area contributed by atoms with Crippen LogP contribution in [0.1, 0.15) is 32.6 Å².